The number of hydrogen-bond acceptors (Lipinski definition) is 7. The Morgan fingerprint density at radius 1 is 0.906 bits per heavy atom. The number of ether oxygens (including phenoxy) is 2. The number of rotatable bonds is 3. The van der Waals surface area contributed by atoms with Crippen LogP contribution in [0.5, 0.6) is 11.5 Å². The molecule has 0 bridgehead atoms. The summed E-state index contributed by atoms with van der Waals surface area (Å²) in [5.74, 6) is 2.31. The summed E-state index contributed by atoms with van der Waals surface area (Å²) < 4.78 is 10.8. The van der Waals surface area contributed by atoms with E-state index in [1.165, 1.54) is 0 Å². The van der Waals surface area contributed by atoms with Crippen LogP contribution in [-0.2, 0) is 0 Å². The highest BCUT2D eigenvalue weighted by atomic mass is 16.7. The lowest BCUT2D eigenvalue weighted by Gasteiger charge is -2.35. The third kappa shape index (κ3) is 3.27. The lowest BCUT2D eigenvalue weighted by atomic mass is 10.1. The number of fused-ring (bicyclic) bond motifs is 2. The van der Waals surface area contributed by atoms with Gasteiger partial charge in [-0.25, -0.2) is 4.98 Å². The molecule has 9 nitrogen and oxygen atoms in total. The molecule has 2 aromatic heterocycles. The van der Waals surface area contributed by atoms with Crippen molar-refractivity contribution in [1.29, 1.82) is 0 Å². The molecule has 0 saturated carbocycles. The number of hydrogen-bond donors (Lipinski definition) is 1. The molecule has 2 aliphatic heterocycles. The zero-order valence-corrected chi connectivity index (χ0v) is 17.2. The minimum Gasteiger partial charge on any atom is -0.454 e. The molecule has 4 aromatic rings. The highest BCUT2D eigenvalue weighted by Gasteiger charge is 2.23. The van der Waals surface area contributed by atoms with E-state index < -0.39 is 0 Å². The van der Waals surface area contributed by atoms with Gasteiger partial charge in [0, 0.05) is 37.3 Å². The van der Waals surface area contributed by atoms with Crippen LogP contribution in [0, 0.1) is 0 Å². The lowest BCUT2D eigenvalue weighted by molar-refractivity contribution is 0.0746. The second-order valence-corrected chi connectivity index (χ2v) is 7.76. The number of carbonyl (C=O) groups excluding carboxylic acids is 1. The molecule has 1 saturated heterocycles. The number of H-pyrrole nitrogens is 1. The highest BCUT2D eigenvalue weighted by molar-refractivity contribution is 5.97. The highest BCUT2D eigenvalue weighted by Crippen LogP contribution is 2.35. The minimum absolute atomic E-state index is 0.0328. The van der Waals surface area contributed by atoms with Crippen LogP contribution in [0.1, 0.15) is 10.4 Å². The summed E-state index contributed by atoms with van der Waals surface area (Å²) >= 11 is 0. The van der Waals surface area contributed by atoms with Crippen molar-refractivity contribution < 1.29 is 14.3 Å². The van der Waals surface area contributed by atoms with E-state index in [1.54, 1.807) is 6.33 Å². The van der Waals surface area contributed by atoms with Gasteiger partial charge in [0.15, 0.2) is 17.3 Å². The predicted molar refractivity (Wildman–Crippen MR) is 118 cm³/mol. The first-order valence-electron chi connectivity index (χ1n) is 10.5. The fraction of sp³-hybridized carbons (Fsp3) is 0.217. The molecule has 0 spiro atoms. The predicted octanol–water partition coefficient (Wildman–Crippen LogP) is 2.71. The topological polar surface area (TPSA) is 96.5 Å². The van der Waals surface area contributed by atoms with E-state index in [1.807, 2.05) is 53.4 Å². The van der Waals surface area contributed by atoms with E-state index in [9.17, 15) is 4.79 Å². The second kappa shape index (κ2) is 7.52. The molecule has 1 fully saturated rings. The zero-order chi connectivity index (χ0) is 21.5. The first kappa shape index (κ1) is 18.6. The van der Waals surface area contributed by atoms with Gasteiger partial charge in [-0.05, 0) is 48.5 Å². The van der Waals surface area contributed by atoms with Crippen LogP contribution in [0.3, 0.4) is 0 Å². The average Bonchev–Trinajstić information content (AvgIpc) is 3.52. The molecule has 0 atom stereocenters. The van der Waals surface area contributed by atoms with Crippen molar-refractivity contribution in [1.82, 2.24) is 25.1 Å². The van der Waals surface area contributed by atoms with Gasteiger partial charge in [-0.15, -0.1) is 10.2 Å². The number of aromatic amines is 1. The number of nitrogens with zero attached hydrogens (tertiary/aromatic N) is 5. The third-order valence-corrected chi connectivity index (χ3v) is 5.88. The van der Waals surface area contributed by atoms with Crippen molar-refractivity contribution in [3.8, 4) is 22.8 Å². The normalized spacial score (nSPS) is 15.4. The van der Waals surface area contributed by atoms with Crippen molar-refractivity contribution in [3.63, 3.8) is 0 Å². The molecule has 1 amide bonds. The maximum atomic E-state index is 12.9. The molecule has 4 heterocycles. The number of carbonyl (C=O) groups is 1. The van der Waals surface area contributed by atoms with Crippen LogP contribution < -0.4 is 14.4 Å². The number of piperazine rings is 1. The minimum atomic E-state index is 0.0328. The number of nitrogens with one attached hydrogen (secondary N) is 1. The van der Waals surface area contributed by atoms with Gasteiger partial charge in [-0.1, -0.05) is 0 Å². The SMILES string of the molecule is O=C(c1ccc2nc[nH]c2c1)N1CCN(c2ccc(-c3ccc4c(c3)OCO4)nn2)CC1. The quantitative estimate of drug-likeness (QED) is 0.536. The van der Waals surface area contributed by atoms with E-state index >= 15 is 0 Å². The first-order chi connectivity index (χ1) is 15.7. The van der Waals surface area contributed by atoms with Gasteiger partial charge < -0.3 is 24.3 Å². The Kier molecular flexibility index (Phi) is 4.38. The monoisotopic (exact) mass is 428 g/mol. The number of imidazole rings is 1. The maximum absolute atomic E-state index is 12.9. The van der Waals surface area contributed by atoms with Crippen LogP contribution in [0.25, 0.3) is 22.3 Å². The summed E-state index contributed by atoms with van der Waals surface area (Å²) in [4.78, 5) is 24.2. The van der Waals surface area contributed by atoms with E-state index in [0.717, 1.165) is 39.6 Å². The summed E-state index contributed by atoms with van der Waals surface area (Å²) in [7, 11) is 0. The Labute approximate surface area is 183 Å². The fourth-order valence-corrected chi connectivity index (χ4v) is 4.09. The van der Waals surface area contributed by atoms with Gasteiger partial charge in [0.05, 0.1) is 23.1 Å². The van der Waals surface area contributed by atoms with Crippen LogP contribution in [0.2, 0.25) is 0 Å². The van der Waals surface area contributed by atoms with E-state index in [4.69, 9.17) is 9.47 Å². The Bertz CT molecular complexity index is 1290. The number of aromatic nitrogens is 4. The molecular weight excluding hydrogens is 408 g/mol. The number of amides is 1. The van der Waals surface area contributed by atoms with Crippen molar-refractivity contribution >= 4 is 22.8 Å². The molecule has 0 radical (unpaired) electrons. The van der Waals surface area contributed by atoms with Crippen LogP contribution in [0.4, 0.5) is 5.82 Å². The average molecular weight is 428 g/mol. The van der Waals surface area contributed by atoms with Crippen LogP contribution in [0.15, 0.2) is 54.9 Å². The summed E-state index contributed by atoms with van der Waals surface area (Å²) in [6, 6.07) is 15.2. The molecule has 9 heteroatoms. The molecule has 0 aliphatic carbocycles. The van der Waals surface area contributed by atoms with Gasteiger partial charge >= 0.3 is 0 Å². The van der Waals surface area contributed by atoms with Crippen molar-refractivity contribution in [3.05, 3.63) is 60.4 Å². The Hall–Kier alpha value is -4.14. The fourth-order valence-electron chi connectivity index (χ4n) is 4.09. The van der Waals surface area contributed by atoms with Gasteiger partial charge in [-0.3, -0.25) is 4.79 Å². The maximum Gasteiger partial charge on any atom is 0.254 e. The smallest absolute Gasteiger partial charge is 0.254 e. The van der Waals surface area contributed by atoms with Crippen molar-refractivity contribution in [2.75, 3.05) is 37.9 Å². The number of benzene rings is 2. The Balaban J connectivity index is 1.12. The van der Waals surface area contributed by atoms with Crippen LogP contribution in [-0.4, -0.2) is 63.9 Å². The first-order valence-corrected chi connectivity index (χ1v) is 10.5. The zero-order valence-electron chi connectivity index (χ0n) is 17.2. The van der Waals surface area contributed by atoms with E-state index in [-0.39, 0.29) is 12.7 Å². The molecule has 2 aliphatic rings. The Morgan fingerprint density at radius 3 is 2.62 bits per heavy atom. The molecule has 32 heavy (non-hydrogen) atoms. The summed E-state index contributed by atoms with van der Waals surface area (Å²) in [6.07, 6.45) is 1.64. The van der Waals surface area contributed by atoms with Gasteiger partial charge in [0.1, 0.15) is 0 Å². The third-order valence-electron chi connectivity index (χ3n) is 5.88. The summed E-state index contributed by atoms with van der Waals surface area (Å²) in [5, 5.41) is 8.82. The standard InChI is InChI=1S/C23H20N6O3/c30-23(16-1-3-18-19(11-16)25-13-24-18)29-9-7-28(8-10-29)22-6-4-17(26-27-22)15-2-5-20-21(12-15)32-14-31-20/h1-6,11-13H,7-10,14H2,(H,24,25). The van der Waals surface area contributed by atoms with Gasteiger partial charge in [0.25, 0.3) is 5.91 Å². The molecule has 2 aromatic carbocycles. The van der Waals surface area contributed by atoms with Crippen molar-refractivity contribution in [2.45, 2.75) is 0 Å². The molecule has 160 valence electrons. The van der Waals surface area contributed by atoms with Gasteiger partial charge in [0.2, 0.25) is 6.79 Å². The molecule has 1 N–H and O–H groups in total. The Morgan fingerprint density at radius 2 is 1.78 bits per heavy atom. The van der Waals surface area contributed by atoms with Crippen LogP contribution >= 0.6 is 0 Å². The van der Waals surface area contributed by atoms with E-state index in [2.05, 4.69) is 25.1 Å². The lowest BCUT2D eigenvalue weighted by Crippen LogP contribution is -2.49. The summed E-state index contributed by atoms with van der Waals surface area (Å²) in [5.41, 5.74) is 4.09. The van der Waals surface area contributed by atoms with Crippen molar-refractivity contribution in [2.24, 2.45) is 0 Å². The largest absolute Gasteiger partial charge is 0.454 e. The number of anilines is 1. The van der Waals surface area contributed by atoms with Gasteiger partial charge in [-0.2, -0.15) is 0 Å². The molecular formula is C23H20N6O3. The molecule has 0 unspecified atom stereocenters. The second-order valence-electron chi connectivity index (χ2n) is 7.76. The molecule has 6 rings (SSSR count). The van der Waals surface area contributed by atoms with E-state index in [0.29, 0.717) is 31.7 Å². The summed E-state index contributed by atoms with van der Waals surface area (Å²) in [6.45, 7) is 2.92.